The highest BCUT2D eigenvalue weighted by atomic mass is 32.2. The third-order valence-corrected chi connectivity index (χ3v) is 7.23. The molecule has 1 amide bonds. The summed E-state index contributed by atoms with van der Waals surface area (Å²) in [7, 11) is -3.43. The van der Waals surface area contributed by atoms with E-state index in [9.17, 15) is 13.2 Å². The molecule has 0 N–H and O–H groups in total. The largest absolute Gasteiger partial charge is 0.336 e. The molecule has 2 saturated heterocycles. The molecule has 0 aromatic heterocycles. The van der Waals surface area contributed by atoms with E-state index in [1.807, 2.05) is 4.90 Å². The van der Waals surface area contributed by atoms with Gasteiger partial charge < -0.3 is 4.90 Å². The summed E-state index contributed by atoms with van der Waals surface area (Å²) in [5.74, 6) is -0.0244. The van der Waals surface area contributed by atoms with Crippen molar-refractivity contribution >= 4 is 15.9 Å². The highest BCUT2D eigenvalue weighted by Gasteiger charge is 2.29. The molecule has 2 aliphatic heterocycles. The SMILES string of the molecule is CC(C)(C)N1CCN(C(=O)c2ccc(S(=O)(=O)N3CCCC3)cc2)CC1. The van der Waals surface area contributed by atoms with E-state index in [-0.39, 0.29) is 16.3 Å². The zero-order valence-corrected chi connectivity index (χ0v) is 16.8. The van der Waals surface area contributed by atoms with Crippen LogP contribution in [0.15, 0.2) is 29.2 Å². The van der Waals surface area contributed by atoms with E-state index in [2.05, 4.69) is 25.7 Å². The molecule has 0 bridgehead atoms. The van der Waals surface area contributed by atoms with E-state index >= 15 is 0 Å². The van der Waals surface area contributed by atoms with Crippen molar-refractivity contribution in [3.05, 3.63) is 29.8 Å². The standard InChI is InChI=1S/C19H29N3O3S/c1-19(2,3)21-14-12-20(13-15-21)18(23)16-6-8-17(9-7-16)26(24,25)22-10-4-5-11-22/h6-9H,4-5,10-15H2,1-3H3. The van der Waals surface area contributed by atoms with Crippen LogP contribution in [0.5, 0.6) is 0 Å². The molecule has 0 unspecified atom stereocenters. The van der Waals surface area contributed by atoms with Crippen molar-refractivity contribution in [1.82, 2.24) is 14.1 Å². The van der Waals surface area contributed by atoms with E-state index in [0.717, 1.165) is 25.9 Å². The van der Waals surface area contributed by atoms with Crippen molar-refractivity contribution in [1.29, 1.82) is 0 Å². The normalized spacial score (nSPS) is 20.5. The van der Waals surface area contributed by atoms with Gasteiger partial charge in [-0.1, -0.05) is 0 Å². The van der Waals surface area contributed by atoms with Gasteiger partial charge in [0.2, 0.25) is 10.0 Å². The monoisotopic (exact) mass is 379 g/mol. The van der Waals surface area contributed by atoms with Gasteiger partial charge in [-0.15, -0.1) is 0 Å². The molecule has 0 radical (unpaired) electrons. The van der Waals surface area contributed by atoms with Crippen molar-refractivity contribution in [2.45, 2.75) is 44.0 Å². The van der Waals surface area contributed by atoms with Crippen LogP contribution in [0.2, 0.25) is 0 Å². The van der Waals surface area contributed by atoms with Gasteiger partial charge in [0.15, 0.2) is 0 Å². The molecule has 0 atom stereocenters. The third-order valence-electron chi connectivity index (χ3n) is 5.32. The average Bonchev–Trinajstić information content (AvgIpc) is 3.16. The van der Waals surface area contributed by atoms with E-state index in [1.165, 1.54) is 4.31 Å². The fourth-order valence-corrected chi connectivity index (χ4v) is 5.13. The van der Waals surface area contributed by atoms with Crippen LogP contribution in [-0.2, 0) is 10.0 Å². The van der Waals surface area contributed by atoms with Crippen molar-refractivity contribution in [3.63, 3.8) is 0 Å². The molecule has 7 heteroatoms. The Morgan fingerprint density at radius 1 is 0.885 bits per heavy atom. The Kier molecular flexibility index (Phi) is 5.42. The number of piperazine rings is 1. The van der Waals surface area contributed by atoms with Crippen LogP contribution in [0.1, 0.15) is 44.0 Å². The van der Waals surface area contributed by atoms with E-state index in [4.69, 9.17) is 0 Å². The fourth-order valence-electron chi connectivity index (χ4n) is 3.61. The van der Waals surface area contributed by atoms with Crippen LogP contribution >= 0.6 is 0 Å². The average molecular weight is 380 g/mol. The van der Waals surface area contributed by atoms with Crippen LogP contribution in [0, 0.1) is 0 Å². The number of hydrogen-bond donors (Lipinski definition) is 0. The second kappa shape index (κ2) is 7.29. The Morgan fingerprint density at radius 2 is 1.42 bits per heavy atom. The molecule has 144 valence electrons. The van der Waals surface area contributed by atoms with Crippen molar-refractivity contribution in [2.24, 2.45) is 0 Å². The van der Waals surface area contributed by atoms with Crippen LogP contribution in [0.3, 0.4) is 0 Å². The second-order valence-corrected chi connectivity index (χ2v) is 10.0. The Bertz CT molecular complexity index is 739. The number of sulfonamides is 1. The number of carbonyl (C=O) groups is 1. The lowest BCUT2D eigenvalue weighted by molar-refractivity contribution is 0.0451. The Hall–Kier alpha value is -1.44. The number of carbonyl (C=O) groups excluding carboxylic acids is 1. The van der Waals surface area contributed by atoms with Gasteiger partial charge in [0.25, 0.3) is 5.91 Å². The minimum Gasteiger partial charge on any atom is -0.336 e. The van der Waals surface area contributed by atoms with E-state index in [1.54, 1.807) is 24.3 Å². The van der Waals surface area contributed by atoms with Crippen molar-refractivity contribution in [3.8, 4) is 0 Å². The summed E-state index contributed by atoms with van der Waals surface area (Å²) in [6.07, 6.45) is 1.83. The molecule has 0 aliphatic carbocycles. The minimum atomic E-state index is -3.43. The molecular weight excluding hydrogens is 350 g/mol. The van der Waals surface area contributed by atoms with Gasteiger partial charge in [0, 0.05) is 50.4 Å². The summed E-state index contributed by atoms with van der Waals surface area (Å²) in [6, 6.07) is 6.40. The molecular formula is C19H29N3O3S. The maximum absolute atomic E-state index is 12.7. The van der Waals surface area contributed by atoms with Gasteiger partial charge >= 0.3 is 0 Å². The van der Waals surface area contributed by atoms with Crippen molar-refractivity contribution in [2.75, 3.05) is 39.3 Å². The molecule has 0 spiro atoms. The summed E-state index contributed by atoms with van der Waals surface area (Å²) >= 11 is 0. The predicted octanol–water partition coefficient (Wildman–Crippen LogP) is 2.03. The molecule has 26 heavy (non-hydrogen) atoms. The van der Waals surface area contributed by atoms with Gasteiger partial charge in [-0.2, -0.15) is 4.31 Å². The zero-order chi connectivity index (χ0) is 18.9. The zero-order valence-electron chi connectivity index (χ0n) is 15.9. The van der Waals surface area contributed by atoms with E-state index < -0.39 is 10.0 Å². The Morgan fingerprint density at radius 3 is 1.92 bits per heavy atom. The first-order valence-corrected chi connectivity index (χ1v) is 10.8. The highest BCUT2D eigenvalue weighted by Crippen LogP contribution is 2.22. The fraction of sp³-hybridized carbons (Fsp3) is 0.632. The van der Waals surface area contributed by atoms with Crippen LogP contribution in [0.4, 0.5) is 0 Å². The highest BCUT2D eigenvalue weighted by molar-refractivity contribution is 7.89. The minimum absolute atomic E-state index is 0.0244. The number of amides is 1. The van der Waals surface area contributed by atoms with Crippen LogP contribution in [0.25, 0.3) is 0 Å². The first-order chi connectivity index (χ1) is 12.2. The van der Waals surface area contributed by atoms with Gasteiger partial charge in [-0.3, -0.25) is 9.69 Å². The predicted molar refractivity (Wildman–Crippen MR) is 102 cm³/mol. The van der Waals surface area contributed by atoms with Gasteiger partial charge in [0.05, 0.1) is 4.90 Å². The number of hydrogen-bond acceptors (Lipinski definition) is 4. The molecule has 0 saturated carbocycles. The third kappa shape index (κ3) is 3.94. The van der Waals surface area contributed by atoms with Gasteiger partial charge in [0.1, 0.15) is 0 Å². The first-order valence-electron chi connectivity index (χ1n) is 9.34. The Balaban J connectivity index is 1.66. The maximum atomic E-state index is 12.7. The lowest BCUT2D eigenvalue weighted by atomic mass is 10.0. The summed E-state index contributed by atoms with van der Waals surface area (Å²) in [5, 5.41) is 0. The van der Waals surface area contributed by atoms with Crippen LogP contribution < -0.4 is 0 Å². The number of nitrogens with zero attached hydrogens (tertiary/aromatic N) is 3. The molecule has 1 aromatic rings. The molecule has 1 aromatic carbocycles. The van der Waals surface area contributed by atoms with Gasteiger partial charge in [-0.05, 0) is 57.9 Å². The van der Waals surface area contributed by atoms with Crippen molar-refractivity contribution < 1.29 is 13.2 Å². The Labute approximate surface area is 156 Å². The summed E-state index contributed by atoms with van der Waals surface area (Å²) in [5.41, 5.74) is 0.662. The van der Waals surface area contributed by atoms with E-state index in [0.29, 0.717) is 31.7 Å². The molecule has 3 rings (SSSR count). The second-order valence-electron chi connectivity index (χ2n) is 8.09. The maximum Gasteiger partial charge on any atom is 0.253 e. The summed E-state index contributed by atoms with van der Waals surface area (Å²) in [6.45, 7) is 10.8. The van der Waals surface area contributed by atoms with Crippen LogP contribution in [-0.4, -0.2) is 73.2 Å². The van der Waals surface area contributed by atoms with Gasteiger partial charge in [-0.25, -0.2) is 8.42 Å². The molecule has 2 aliphatic rings. The summed E-state index contributed by atoms with van der Waals surface area (Å²) in [4.78, 5) is 17.2. The molecule has 2 fully saturated rings. The topological polar surface area (TPSA) is 60.9 Å². The quantitative estimate of drug-likeness (QED) is 0.806. The lowest BCUT2D eigenvalue weighted by Crippen LogP contribution is -2.54. The smallest absolute Gasteiger partial charge is 0.253 e. The molecule has 6 nitrogen and oxygen atoms in total. The molecule has 2 heterocycles. The number of benzene rings is 1. The number of rotatable bonds is 3. The summed E-state index contributed by atoms with van der Waals surface area (Å²) < 4.78 is 26.7. The first kappa shape index (κ1) is 19.3. The lowest BCUT2D eigenvalue weighted by Gasteiger charge is -2.42.